The van der Waals surface area contributed by atoms with Crippen LogP contribution in [-0.4, -0.2) is 50.1 Å². The average molecular weight is 270 g/mol. The van der Waals surface area contributed by atoms with Gasteiger partial charge < -0.3 is 15.9 Å². The van der Waals surface area contributed by atoms with E-state index >= 15 is 0 Å². The number of fused-ring (bicyclic) bond motifs is 1. The molecule has 0 aromatic carbocycles. The van der Waals surface area contributed by atoms with Crippen molar-refractivity contribution in [2.75, 3.05) is 5.75 Å². The smallest absolute Gasteiger partial charge is 0.352 e. The Balaban J connectivity index is 2.38. The lowest BCUT2D eigenvalue weighted by atomic mass is 10.0. The number of carboxylic acids is 2. The van der Waals surface area contributed by atoms with Gasteiger partial charge in [0.05, 0.1) is 0 Å². The van der Waals surface area contributed by atoms with Crippen molar-refractivity contribution in [2.45, 2.75) is 11.4 Å². The van der Waals surface area contributed by atoms with Gasteiger partial charge in [-0.05, 0) is 11.6 Å². The normalized spacial score (nSPS) is 27.2. The fourth-order valence-electron chi connectivity index (χ4n) is 1.84. The quantitative estimate of drug-likeness (QED) is 0.454. The highest BCUT2D eigenvalue weighted by molar-refractivity contribution is 8.00. The fourth-order valence-corrected chi connectivity index (χ4v) is 3.11. The molecular formula is C10H10N2O5S. The molecule has 8 heteroatoms. The van der Waals surface area contributed by atoms with Gasteiger partial charge in [0.2, 0.25) is 5.91 Å². The lowest BCUT2D eigenvalue weighted by molar-refractivity contribution is -0.147. The first-order valence-electron chi connectivity index (χ1n) is 5.01. The van der Waals surface area contributed by atoms with E-state index < -0.39 is 23.9 Å². The maximum Gasteiger partial charge on any atom is 0.352 e. The van der Waals surface area contributed by atoms with E-state index in [1.807, 2.05) is 0 Å². The Morgan fingerprint density at radius 3 is 2.67 bits per heavy atom. The van der Waals surface area contributed by atoms with Gasteiger partial charge in [0, 0.05) is 11.8 Å². The van der Waals surface area contributed by atoms with E-state index in [-0.39, 0.29) is 11.1 Å². The molecule has 2 rings (SSSR count). The van der Waals surface area contributed by atoms with Gasteiger partial charge in [-0.1, -0.05) is 0 Å². The summed E-state index contributed by atoms with van der Waals surface area (Å²) >= 11 is 1.32. The summed E-state index contributed by atoms with van der Waals surface area (Å²) in [6.45, 7) is 0. The van der Waals surface area contributed by atoms with Gasteiger partial charge >= 0.3 is 11.9 Å². The molecule has 2 atom stereocenters. The highest BCUT2D eigenvalue weighted by Crippen LogP contribution is 2.39. The molecule has 7 nitrogen and oxygen atoms in total. The monoisotopic (exact) mass is 270 g/mol. The number of hydrogen-bond acceptors (Lipinski definition) is 5. The molecule has 0 aromatic heterocycles. The molecule has 2 heterocycles. The molecule has 96 valence electrons. The number of aliphatic carboxylic acids is 2. The number of nitrogens with zero attached hydrogens (tertiary/aromatic N) is 1. The summed E-state index contributed by atoms with van der Waals surface area (Å²) in [5.74, 6) is -2.57. The Morgan fingerprint density at radius 2 is 2.11 bits per heavy atom. The number of carbonyl (C=O) groups excluding carboxylic acids is 1. The Kier molecular flexibility index (Phi) is 3.14. The van der Waals surface area contributed by atoms with Gasteiger partial charge in [0.25, 0.3) is 0 Å². The maximum atomic E-state index is 11.5. The van der Waals surface area contributed by atoms with E-state index in [1.165, 1.54) is 17.8 Å². The van der Waals surface area contributed by atoms with Crippen molar-refractivity contribution in [3.63, 3.8) is 0 Å². The Hall–Kier alpha value is -1.80. The van der Waals surface area contributed by atoms with Crippen molar-refractivity contribution in [1.29, 1.82) is 0 Å². The SMILES string of the molecule is NC1C(=O)N2C(C(=O)O)=C(C=CC(=O)O)CS[C@@H]12. The minimum atomic E-state index is -1.26. The summed E-state index contributed by atoms with van der Waals surface area (Å²) in [4.78, 5) is 34.3. The number of nitrogens with two attached hydrogens (primary N) is 1. The van der Waals surface area contributed by atoms with Crippen LogP contribution in [0.1, 0.15) is 0 Å². The van der Waals surface area contributed by atoms with Crippen LogP contribution in [0.2, 0.25) is 0 Å². The lowest BCUT2D eigenvalue weighted by Crippen LogP contribution is -2.68. The molecule has 0 bridgehead atoms. The molecule has 4 N–H and O–H groups in total. The van der Waals surface area contributed by atoms with Crippen LogP contribution in [0.5, 0.6) is 0 Å². The Labute approximate surface area is 106 Å². The second-order valence-corrected chi connectivity index (χ2v) is 4.89. The highest BCUT2D eigenvalue weighted by Gasteiger charge is 2.51. The van der Waals surface area contributed by atoms with E-state index in [0.29, 0.717) is 11.3 Å². The number of hydrogen-bond donors (Lipinski definition) is 3. The lowest BCUT2D eigenvalue weighted by Gasteiger charge is -2.47. The number of carbonyl (C=O) groups is 3. The summed E-state index contributed by atoms with van der Waals surface area (Å²) < 4.78 is 0. The van der Waals surface area contributed by atoms with Gasteiger partial charge in [-0.15, -0.1) is 11.8 Å². The molecule has 0 radical (unpaired) electrons. The highest BCUT2D eigenvalue weighted by atomic mass is 32.2. The van der Waals surface area contributed by atoms with Crippen LogP contribution in [0.25, 0.3) is 0 Å². The van der Waals surface area contributed by atoms with E-state index in [0.717, 1.165) is 11.0 Å². The van der Waals surface area contributed by atoms with Crippen LogP contribution in [0, 0.1) is 0 Å². The molecule has 1 unspecified atom stereocenters. The second-order valence-electron chi connectivity index (χ2n) is 3.79. The molecule has 0 spiro atoms. The maximum absolute atomic E-state index is 11.5. The van der Waals surface area contributed by atoms with Gasteiger partial charge in [-0.3, -0.25) is 9.69 Å². The van der Waals surface area contributed by atoms with Gasteiger partial charge in [-0.2, -0.15) is 0 Å². The first-order chi connectivity index (χ1) is 8.43. The number of allylic oxidation sites excluding steroid dienone is 1. The number of thioether (sulfide) groups is 1. The summed E-state index contributed by atoms with van der Waals surface area (Å²) in [7, 11) is 0. The predicted molar refractivity (Wildman–Crippen MR) is 62.5 cm³/mol. The molecule has 0 aromatic rings. The van der Waals surface area contributed by atoms with Gasteiger partial charge in [0.1, 0.15) is 17.1 Å². The van der Waals surface area contributed by atoms with Crippen molar-refractivity contribution in [2.24, 2.45) is 5.73 Å². The first-order valence-corrected chi connectivity index (χ1v) is 6.06. The molecule has 2 aliphatic rings. The largest absolute Gasteiger partial charge is 0.478 e. The molecule has 1 fully saturated rings. The molecule has 0 saturated carbocycles. The molecular weight excluding hydrogens is 260 g/mol. The average Bonchev–Trinajstić information content (AvgIpc) is 2.33. The molecule has 0 aliphatic carbocycles. The zero-order valence-electron chi connectivity index (χ0n) is 9.07. The van der Waals surface area contributed by atoms with Crippen molar-refractivity contribution in [3.8, 4) is 0 Å². The third kappa shape index (κ3) is 1.89. The number of rotatable bonds is 3. The van der Waals surface area contributed by atoms with Crippen LogP contribution in [0.3, 0.4) is 0 Å². The minimum Gasteiger partial charge on any atom is -0.478 e. The van der Waals surface area contributed by atoms with Crippen LogP contribution in [-0.2, 0) is 14.4 Å². The van der Waals surface area contributed by atoms with Crippen LogP contribution >= 0.6 is 11.8 Å². The third-order valence-electron chi connectivity index (χ3n) is 2.67. The standard InChI is InChI=1S/C10H10N2O5S/c11-6-8(15)12-7(10(16)17)4(1-2-5(13)14)3-18-9(6)12/h1-2,6,9H,3,11H2,(H,13,14)(H,16,17)/t6?,9-/m0/s1. The van der Waals surface area contributed by atoms with Crippen LogP contribution in [0.4, 0.5) is 0 Å². The zero-order chi connectivity index (χ0) is 13.4. The summed E-state index contributed by atoms with van der Waals surface area (Å²) in [6, 6.07) is -0.686. The van der Waals surface area contributed by atoms with E-state index in [1.54, 1.807) is 0 Å². The zero-order valence-corrected chi connectivity index (χ0v) is 9.88. The summed E-state index contributed by atoms with van der Waals surface area (Å²) in [5, 5.41) is 17.3. The van der Waals surface area contributed by atoms with E-state index in [2.05, 4.69) is 0 Å². The van der Waals surface area contributed by atoms with Crippen molar-refractivity contribution >= 4 is 29.6 Å². The predicted octanol–water partition coefficient (Wildman–Crippen LogP) is -0.792. The second kappa shape index (κ2) is 4.46. The number of carboxylic acid groups (broad SMARTS) is 2. The molecule has 1 amide bonds. The van der Waals surface area contributed by atoms with Crippen LogP contribution < -0.4 is 5.73 Å². The van der Waals surface area contributed by atoms with Crippen LogP contribution in [0.15, 0.2) is 23.4 Å². The fraction of sp³-hybridized carbons (Fsp3) is 0.300. The van der Waals surface area contributed by atoms with Crippen molar-refractivity contribution in [3.05, 3.63) is 23.4 Å². The number of β-lactam (4-membered cyclic amide) rings is 1. The van der Waals surface area contributed by atoms with E-state index in [9.17, 15) is 14.4 Å². The molecule has 2 aliphatic heterocycles. The molecule has 18 heavy (non-hydrogen) atoms. The topological polar surface area (TPSA) is 121 Å². The Bertz CT molecular complexity index is 498. The number of amides is 1. The van der Waals surface area contributed by atoms with Gasteiger partial charge in [0.15, 0.2) is 0 Å². The summed E-state index contributed by atoms with van der Waals surface area (Å²) in [6.07, 6.45) is 2.05. The van der Waals surface area contributed by atoms with Crippen molar-refractivity contribution < 1.29 is 24.6 Å². The first kappa shape index (κ1) is 12.7. The van der Waals surface area contributed by atoms with Crippen molar-refractivity contribution in [1.82, 2.24) is 4.90 Å². The Morgan fingerprint density at radius 1 is 1.44 bits per heavy atom. The summed E-state index contributed by atoms with van der Waals surface area (Å²) in [5.41, 5.74) is 5.69. The minimum absolute atomic E-state index is 0.178. The third-order valence-corrected chi connectivity index (χ3v) is 3.99. The molecule has 1 saturated heterocycles. The van der Waals surface area contributed by atoms with Gasteiger partial charge in [-0.25, -0.2) is 9.59 Å². The van der Waals surface area contributed by atoms with E-state index in [4.69, 9.17) is 15.9 Å².